The van der Waals surface area contributed by atoms with Gasteiger partial charge in [0.1, 0.15) is 5.69 Å². The molecule has 4 aliphatic rings. The Labute approximate surface area is 107 Å². The molecular weight excluding hydrogens is 222 g/mol. The summed E-state index contributed by atoms with van der Waals surface area (Å²) in [7, 11) is 0. The van der Waals surface area contributed by atoms with Gasteiger partial charge in [0.25, 0.3) is 0 Å². The Balaban J connectivity index is 2.02. The molecular formula is C16H15NO. The van der Waals surface area contributed by atoms with Gasteiger partial charge in [-0.25, -0.2) is 0 Å². The molecule has 0 radical (unpaired) electrons. The molecule has 0 aromatic heterocycles. The molecule has 2 nitrogen and oxygen atoms in total. The molecule has 0 saturated carbocycles. The van der Waals surface area contributed by atoms with Crippen LogP contribution in [-0.4, -0.2) is 0 Å². The van der Waals surface area contributed by atoms with E-state index in [1.807, 2.05) is 6.07 Å². The summed E-state index contributed by atoms with van der Waals surface area (Å²) in [6.07, 6.45) is 3.81. The van der Waals surface area contributed by atoms with Crippen LogP contribution in [0.15, 0.2) is 47.6 Å². The fraction of sp³-hybridized carbons (Fsp3) is 0.250. The first-order valence-corrected chi connectivity index (χ1v) is 6.38. The van der Waals surface area contributed by atoms with E-state index in [-0.39, 0.29) is 0 Å². The highest BCUT2D eigenvalue weighted by Gasteiger charge is 2.07. The van der Waals surface area contributed by atoms with Crippen molar-refractivity contribution in [2.24, 2.45) is 5.18 Å². The number of aryl methyl sites for hydroxylation is 4. The van der Waals surface area contributed by atoms with Crippen molar-refractivity contribution in [3.05, 3.63) is 69.6 Å². The minimum Gasteiger partial charge on any atom is -0.145 e. The van der Waals surface area contributed by atoms with E-state index < -0.39 is 0 Å². The lowest BCUT2D eigenvalue weighted by Gasteiger charge is -2.10. The van der Waals surface area contributed by atoms with E-state index in [0.717, 1.165) is 31.2 Å². The summed E-state index contributed by atoms with van der Waals surface area (Å²) in [6.45, 7) is 0. The monoisotopic (exact) mass is 237 g/mol. The summed E-state index contributed by atoms with van der Waals surface area (Å²) in [5.74, 6) is 0. The predicted molar refractivity (Wildman–Crippen MR) is 73.2 cm³/mol. The fourth-order valence-corrected chi connectivity index (χ4v) is 2.50. The third-order valence-corrected chi connectivity index (χ3v) is 3.66. The van der Waals surface area contributed by atoms with Crippen LogP contribution in [0.2, 0.25) is 0 Å². The lowest BCUT2D eigenvalue weighted by molar-refractivity contribution is 0.921. The molecule has 0 atom stereocenters. The normalized spacial score (nSPS) is 14.0. The zero-order chi connectivity index (χ0) is 12.4. The van der Waals surface area contributed by atoms with Crippen LogP contribution in [0, 0.1) is 4.91 Å². The van der Waals surface area contributed by atoms with Gasteiger partial charge in [-0.3, -0.25) is 0 Å². The van der Waals surface area contributed by atoms with Crippen LogP contribution >= 0.6 is 0 Å². The summed E-state index contributed by atoms with van der Waals surface area (Å²) in [6, 6.07) is 14.9. The average Bonchev–Trinajstić information content (AvgIpc) is 2.41. The Kier molecular flexibility index (Phi) is 2.93. The maximum Gasteiger partial charge on any atom is 0.111 e. The highest BCUT2D eigenvalue weighted by atomic mass is 16.3. The third-order valence-electron chi connectivity index (χ3n) is 3.66. The smallest absolute Gasteiger partial charge is 0.111 e. The minimum absolute atomic E-state index is 0.613. The van der Waals surface area contributed by atoms with Crippen molar-refractivity contribution >= 4 is 5.69 Å². The van der Waals surface area contributed by atoms with Gasteiger partial charge in [-0.15, -0.1) is 4.91 Å². The van der Waals surface area contributed by atoms with Gasteiger partial charge < -0.3 is 0 Å². The lowest BCUT2D eigenvalue weighted by atomic mass is 9.96. The van der Waals surface area contributed by atoms with E-state index >= 15 is 0 Å². The molecule has 18 heavy (non-hydrogen) atoms. The van der Waals surface area contributed by atoms with Crippen LogP contribution in [-0.2, 0) is 25.7 Å². The molecule has 2 aromatic carbocycles. The number of nitrogens with zero attached hydrogens (tertiary/aromatic N) is 1. The quantitative estimate of drug-likeness (QED) is 0.690. The third kappa shape index (κ3) is 2.19. The zero-order valence-corrected chi connectivity index (χ0v) is 10.2. The average molecular weight is 237 g/mol. The van der Waals surface area contributed by atoms with Crippen molar-refractivity contribution in [1.82, 2.24) is 0 Å². The molecule has 2 aromatic rings. The number of hydrogen-bond acceptors (Lipinski definition) is 2. The summed E-state index contributed by atoms with van der Waals surface area (Å²) >= 11 is 0. The zero-order valence-electron chi connectivity index (χ0n) is 10.2. The molecule has 0 saturated heterocycles. The van der Waals surface area contributed by atoms with Crippen LogP contribution in [0.5, 0.6) is 0 Å². The predicted octanol–water partition coefficient (Wildman–Crippen LogP) is 3.97. The lowest BCUT2D eigenvalue weighted by Crippen LogP contribution is -1.98. The fourth-order valence-electron chi connectivity index (χ4n) is 2.50. The van der Waals surface area contributed by atoms with Gasteiger partial charge in [-0.05, 0) is 59.2 Å². The summed E-state index contributed by atoms with van der Waals surface area (Å²) < 4.78 is 0. The minimum atomic E-state index is 0.613. The SMILES string of the molecule is O=Nc1cc2ccc1CCc1ccc(cc1)CC2. The molecule has 90 valence electrons. The molecule has 0 heterocycles. The van der Waals surface area contributed by atoms with Gasteiger partial charge in [0.2, 0.25) is 0 Å². The van der Waals surface area contributed by atoms with Gasteiger partial charge in [0.05, 0.1) is 0 Å². The highest BCUT2D eigenvalue weighted by molar-refractivity contribution is 5.49. The van der Waals surface area contributed by atoms with E-state index in [9.17, 15) is 4.91 Å². The molecule has 0 spiro atoms. The second-order valence-corrected chi connectivity index (χ2v) is 4.87. The maximum absolute atomic E-state index is 10.9. The first kappa shape index (κ1) is 11.1. The number of hydrogen-bond donors (Lipinski definition) is 0. The number of nitroso groups, excluding NO2 is 1. The maximum atomic E-state index is 10.9. The van der Waals surface area contributed by atoms with Gasteiger partial charge in [-0.2, -0.15) is 0 Å². The van der Waals surface area contributed by atoms with Crippen molar-refractivity contribution in [3.8, 4) is 0 Å². The second kappa shape index (κ2) is 4.73. The van der Waals surface area contributed by atoms with Crippen molar-refractivity contribution < 1.29 is 0 Å². The summed E-state index contributed by atoms with van der Waals surface area (Å²) in [4.78, 5) is 10.9. The Bertz CT molecular complexity index is 572. The summed E-state index contributed by atoms with van der Waals surface area (Å²) in [5, 5.41) is 3.17. The van der Waals surface area contributed by atoms with Gasteiger partial charge in [-0.1, -0.05) is 36.4 Å². The van der Waals surface area contributed by atoms with Crippen LogP contribution in [0.3, 0.4) is 0 Å². The van der Waals surface area contributed by atoms with Crippen molar-refractivity contribution in [2.75, 3.05) is 0 Å². The van der Waals surface area contributed by atoms with Crippen LogP contribution < -0.4 is 0 Å². The molecule has 0 unspecified atom stereocenters. The van der Waals surface area contributed by atoms with Crippen LogP contribution in [0.25, 0.3) is 0 Å². The molecule has 4 bridgehead atoms. The number of rotatable bonds is 1. The molecule has 0 aliphatic heterocycles. The van der Waals surface area contributed by atoms with E-state index in [4.69, 9.17) is 0 Å². The first-order valence-electron chi connectivity index (χ1n) is 6.38. The van der Waals surface area contributed by atoms with Crippen molar-refractivity contribution in [2.45, 2.75) is 25.7 Å². The van der Waals surface area contributed by atoms with E-state index in [0.29, 0.717) is 5.69 Å². The Hall–Kier alpha value is -1.96. The molecule has 4 aliphatic carbocycles. The van der Waals surface area contributed by atoms with E-state index in [2.05, 4.69) is 41.6 Å². The molecule has 2 heteroatoms. The Morgan fingerprint density at radius 2 is 1.28 bits per heavy atom. The van der Waals surface area contributed by atoms with Gasteiger partial charge in [0, 0.05) is 0 Å². The second-order valence-electron chi connectivity index (χ2n) is 4.87. The molecule has 6 rings (SSSR count). The molecule has 0 amide bonds. The Morgan fingerprint density at radius 1 is 0.722 bits per heavy atom. The molecule has 0 fully saturated rings. The highest BCUT2D eigenvalue weighted by Crippen LogP contribution is 2.24. The van der Waals surface area contributed by atoms with Crippen molar-refractivity contribution in [1.29, 1.82) is 0 Å². The summed E-state index contributed by atoms with van der Waals surface area (Å²) in [5.41, 5.74) is 5.53. The Morgan fingerprint density at radius 3 is 1.94 bits per heavy atom. The van der Waals surface area contributed by atoms with Gasteiger partial charge in [0.15, 0.2) is 0 Å². The first-order chi connectivity index (χ1) is 8.85. The van der Waals surface area contributed by atoms with E-state index in [1.54, 1.807) is 0 Å². The van der Waals surface area contributed by atoms with Crippen LogP contribution in [0.4, 0.5) is 5.69 Å². The molecule has 0 N–H and O–H groups in total. The largest absolute Gasteiger partial charge is 0.145 e. The van der Waals surface area contributed by atoms with Crippen molar-refractivity contribution in [3.63, 3.8) is 0 Å². The number of benzene rings is 2. The van der Waals surface area contributed by atoms with E-state index in [1.165, 1.54) is 16.7 Å². The standard InChI is InChI=1S/C16H15NO/c18-17-16-11-14-6-5-12-1-3-13(4-2-12)7-9-15(16)10-8-14/h1-4,8,10-11H,5-7,9H2. The van der Waals surface area contributed by atoms with Crippen LogP contribution in [0.1, 0.15) is 22.3 Å². The van der Waals surface area contributed by atoms with Gasteiger partial charge >= 0.3 is 0 Å². The topological polar surface area (TPSA) is 29.4 Å².